The summed E-state index contributed by atoms with van der Waals surface area (Å²) < 4.78 is 66.0. The lowest BCUT2D eigenvalue weighted by molar-refractivity contribution is -0.137. The Morgan fingerprint density at radius 2 is 2.04 bits per heavy atom. The van der Waals surface area contributed by atoms with Crippen LogP contribution in [0.1, 0.15) is 35.7 Å². The topological polar surface area (TPSA) is 66.1 Å². The van der Waals surface area contributed by atoms with Crippen molar-refractivity contribution in [2.75, 3.05) is 7.05 Å². The number of fused-ring (bicyclic) bond motifs is 1. The molecule has 25 heavy (non-hydrogen) atoms. The molecule has 1 heterocycles. The summed E-state index contributed by atoms with van der Waals surface area (Å²) in [5, 5.41) is 6.79. The largest absolute Gasteiger partial charge is 0.416 e. The van der Waals surface area contributed by atoms with E-state index in [1.165, 1.54) is 13.1 Å². The van der Waals surface area contributed by atoms with Crippen molar-refractivity contribution in [3.63, 3.8) is 0 Å². The Kier molecular flexibility index (Phi) is 4.71. The van der Waals surface area contributed by atoms with Crippen molar-refractivity contribution in [1.82, 2.24) is 14.5 Å². The Morgan fingerprint density at radius 1 is 1.32 bits per heavy atom. The first-order valence-corrected chi connectivity index (χ1v) is 9.72. The lowest BCUT2D eigenvalue weighted by Gasteiger charge is -2.30. The van der Waals surface area contributed by atoms with E-state index in [1.807, 2.05) is 0 Å². The van der Waals surface area contributed by atoms with Crippen LogP contribution in [0.5, 0.6) is 0 Å². The number of hydrogen-bond acceptors (Lipinski definition) is 3. The van der Waals surface area contributed by atoms with Gasteiger partial charge < -0.3 is 0 Å². The van der Waals surface area contributed by atoms with Crippen LogP contribution >= 0.6 is 15.9 Å². The predicted molar refractivity (Wildman–Crippen MR) is 88.4 cm³/mol. The Balaban J connectivity index is 2.02. The molecule has 0 spiro atoms. The Labute approximate surface area is 151 Å². The number of halogens is 4. The third kappa shape index (κ3) is 3.47. The van der Waals surface area contributed by atoms with E-state index in [-0.39, 0.29) is 4.47 Å². The van der Waals surface area contributed by atoms with Crippen LogP contribution in [0.4, 0.5) is 13.2 Å². The fraction of sp³-hybridized carbons (Fsp3) is 0.400. The number of nitrogens with zero attached hydrogens (tertiary/aromatic N) is 2. The highest BCUT2D eigenvalue weighted by Crippen LogP contribution is 2.38. The van der Waals surface area contributed by atoms with Gasteiger partial charge in [0, 0.05) is 22.8 Å². The lowest BCUT2D eigenvalue weighted by atomic mass is 9.93. The smallest absolute Gasteiger partial charge is 0.282 e. The van der Waals surface area contributed by atoms with E-state index in [0.29, 0.717) is 12.5 Å². The maximum absolute atomic E-state index is 13.0. The first-order chi connectivity index (χ1) is 11.6. The number of aryl methyl sites for hydroxylation is 1. The highest BCUT2D eigenvalue weighted by molar-refractivity contribution is 9.10. The molecule has 5 nitrogen and oxygen atoms in total. The summed E-state index contributed by atoms with van der Waals surface area (Å²) >= 11 is 2.96. The number of hydrogen-bond donors (Lipinski definition) is 1. The van der Waals surface area contributed by atoms with Gasteiger partial charge in [-0.25, -0.2) is 8.42 Å². The minimum atomic E-state index is -4.63. The van der Waals surface area contributed by atoms with E-state index in [1.54, 1.807) is 6.20 Å². The highest BCUT2D eigenvalue weighted by Gasteiger charge is 2.36. The van der Waals surface area contributed by atoms with Crippen LogP contribution in [0.25, 0.3) is 0 Å². The van der Waals surface area contributed by atoms with E-state index in [2.05, 4.69) is 26.1 Å². The van der Waals surface area contributed by atoms with Crippen LogP contribution in [0.3, 0.4) is 0 Å². The minimum Gasteiger partial charge on any atom is -0.282 e. The number of rotatable bonds is 3. The molecule has 0 saturated carbocycles. The average Bonchev–Trinajstić information content (AvgIpc) is 3.01. The fourth-order valence-corrected chi connectivity index (χ4v) is 5.11. The van der Waals surface area contributed by atoms with Gasteiger partial charge in [0.25, 0.3) is 0 Å². The summed E-state index contributed by atoms with van der Waals surface area (Å²) in [6.45, 7) is 0. The number of nitrogens with one attached hydrogen (secondary N) is 1. The molecule has 1 N–H and O–H groups in total. The molecule has 0 saturated heterocycles. The van der Waals surface area contributed by atoms with Crippen molar-refractivity contribution in [2.45, 2.75) is 36.4 Å². The Morgan fingerprint density at radius 3 is 2.72 bits per heavy atom. The average molecular weight is 438 g/mol. The summed E-state index contributed by atoms with van der Waals surface area (Å²) in [7, 11) is -2.72. The minimum absolute atomic E-state index is 0.0574. The first-order valence-electron chi connectivity index (χ1n) is 7.48. The summed E-state index contributed by atoms with van der Waals surface area (Å²) in [6, 6.07) is 2.24. The van der Waals surface area contributed by atoms with Crippen molar-refractivity contribution in [3.8, 4) is 0 Å². The molecule has 0 aliphatic heterocycles. The number of aromatic nitrogens is 2. The molecule has 1 aromatic carbocycles. The molecule has 0 amide bonds. The zero-order valence-corrected chi connectivity index (χ0v) is 15.5. The molecular weight excluding hydrogens is 423 g/mol. The number of benzene rings is 1. The Hall–Kier alpha value is -1.39. The second kappa shape index (κ2) is 6.40. The van der Waals surface area contributed by atoms with Gasteiger partial charge in [-0.1, -0.05) is 15.9 Å². The molecule has 0 fully saturated rings. The summed E-state index contributed by atoms with van der Waals surface area (Å²) in [5.41, 5.74) is 0.619. The molecular formula is C15H15BrF3N3O2S. The van der Waals surface area contributed by atoms with Gasteiger partial charge in [0.1, 0.15) is 0 Å². The predicted octanol–water partition coefficient (Wildman–Crippen LogP) is 3.89. The van der Waals surface area contributed by atoms with Crippen LogP contribution in [-0.2, 0) is 22.6 Å². The van der Waals surface area contributed by atoms with E-state index < -0.39 is 32.7 Å². The second-order valence-electron chi connectivity index (χ2n) is 5.91. The van der Waals surface area contributed by atoms with Gasteiger partial charge in [0.15, 0.2) is 0 Å². The summed E-state index contributed by atoms with van der Waals surface area (Å²) in [5.74, 6) is 0. The first kappa shape index (κ1) is 18.4. The molecule has 1 aliphatic rings. The SMILES string of the molecule is CN([C@@H]1CCCc2[nH]ncc21)S(=O)(=O)c1cc(Br)cc(C(F)(F)F)c1. The molecule has 3 rings (SSSR count). The van der Waals surface area contributed by atoms with Crippen molar-refractivity contribution < 1.29 is 21.6 Å². The molecule has 0 radical (unpaired) electrons. The molecule has 1 atom stereocenters. The molecule has 1 aromatic heterocycles. The third-order valence-corrected chi connectivity index (χ3v) is 6.63. The van der Waals surface area contributed by atoms with Crippen LogP contribution in [0.15, 0.2) is 33.8 Å². The summed E-state index contributed by atoms with van der Waals surface area (Å²) in [6.07, 6.45) is -0.925. The highest BCUT2D eigenvalue weighted by atomic mass is 79.9. The van der Waals surface area contributed by atoms with E-state index in [0.717, 1.165) is 34.5 Å². The summed E-state index contributed by atoms with van der Waals surface area (Å²) in [4.78, 5) is -0.396. The van der Waals surface area contributed by atoms with Gasteiger partial charge in [-0.3, -0.25) is 5.10 Å². The number of alkyl halides is 3. The van der Waals surface area contributed by atoms with Crippen LogP contribution < -0.4 is 0 Å². The maximum Gasteiger partial charge on any atom is 0.416 e. The standard InChI is InChI=1S/C15H15BrF3N3O2S/c1-22(14-4-2-3-13-12(14)8-20-21-13)25(23,24)11-6-9(15(17,18)19)5-10(16)7-11/h5-8,14H,2-4H2,1H3,(H,20,21)/t14-/m1/s1. The van der Waals surface area contributed by atoms with Crippen LogP contribution in [0.2, 0.25) is 0 Å². The Bertz CT molecular complexity index is 896. The number of aromatic amines is 1. The van der Waals surface area contributed by atoms with Crippen molar-refractivity contribution in [3.05, 3.63) is 45.7 Å². The van der Waals surface area contributed by atoms with Gasteiger partial charge >= 0.3 is 6.18 Å². The van der Waals surface area contributed by atoms with Crippen LogP contribution in [-0.4, -0.2) is 30.0 Å². The van der Waals surface area contributed by atoms with Crippen molar-refractivity contribution in [1.29, 1.82) is 0 Å². The molecule has 0 bridgehead atoms. The molecule has 0 unspecified atom stereocenters. The molecule has 136 valence electrons. The van der Waals surface area contributed by atoms with Gasteiger partial charge in [0.05, 0.1) is 22.7 Å². The van der Waals surface area contributed by atoms with E-state index in [4.69, 9.17) is 0 Å². The van der Waals surface area contributed by atoms with E-state index in [9.17, 15) is 21.6 Å². The van der Waals surface area contributed by atoms with Gasteiger partial charge in [-0.2, -0.15) is 22.6 Å². The molecule has 2 aromatic rings. The zero-order valence-electron chi connectivity index (χ0n) is 13.1. The van der Waals surface area contributed by atoms with E-state index >= 15 is 0 Å². The number of H-pyrrole nitrogens is 1. The van der Waals surface area contributed by atoms with Gasteiger partial charge in [-0.05, 0) is 37.5 Å². The lowest BCUT2D eigenvalue weighted by Crippen LogP contribution is -2.33. The third-order valence-electron chi connectivity index (χ3n) is 4.33. The van der Waals surface area contributed by atoms with Crippen LogP contribution in [0, 0.1) is 0 Å². The quantitative estimate of drug-likeness (QED) is 0.791. The molecule has 1 aliphatic carbocycles. The van der Waals surface area contributed by atoms with Crippen molar-refractivity contribution in [2.24, 2.45) is 0 Å². The maximum atomic E-state index is 13.0. The fourth-order valence-electron chi connectivity index (χ4n) is 3.02. The normalized spacial score (nSPS) is 18.4. The van der Waals surface area contributed by atoms with Gasteiger partial charge in [0.2, 0.25) is 10.0 Å². The monoisotopic (exact) mass is 437 g/mol. The zero-order chi connectivity index (χ0) is 18.4. The molecule has 10 heteroatoms. The number of sulfonamides is 1. The van der Waals surface area contributed by atoms with Gasteiger partial charge in [-0.15, -0.1) is 0 Å². The second-order valence-corrected chi connectivity index (χ2v) is 8.82. The van der Waals surface area contributed by atoms with Crippen molar-refractivity contribution >= 4 is 26.0 Å².